The van der Waals surface area contributed by atoms with E-state index in [1.54, 1.807) is 41.4 Å². The molecule has 8 nitrogen and oxygen atoms in total. The molecule has 0 fully saturated rings. The van der Waals surface area contributed by atoms with Gasteiger partial charge in [-0.1, -0.05) is 29.5 Å². The molecule has 0 aliphatic rings. The van der Waals surface area contributed by atoms with Gasteiger partial charge in [0.15, 0.2) is 0 Å². The Hall–Kier alpha value is -4.12. The highest BCUT2D eigenvalue weighted by atomic mass is 19.4. The Balaban J connectivity index is 1.23. The Labute approximate surface area is 204 Å². The van der Waals surface area contributed by atoms with Gasteiger partial charge < -0.3 is 19.0 Å². The van der Waals surface area contributed by atoms with Crippen LogP contribution in [0, 0.1) is 0 Å². The number of rotatable bonds is 11. The minimum absolute atomic E-state index is 0.181. The summed E-state index contributed by atoms with van der Waals surface area (Å²) in [6.45, 7) is 0.872. The van der Waals surface area contributed by atoms with Crippen molar-refractivity contribution in [3.05, 3.63) is 89.9 Å². The number of halogens is 3. The first-order valence-electron chi connectivity index (χ1n) is 11.1. The summed E-state index contributed by atoms with van der Waals surface area (Å²) in [5.74, 6) is 0.657. The second-order valence-corrected chi connectivity index (χ2v) is 7.81. The first-order chi connectivity index (χ1) is 17.3. The zero-order valence-corrected chi connectivity index (χ0v) is 19.0. The lowest BCUT2D eigenvalue weighted by Gasteiger charge is -2.12. The topological polar surface area (TPSA) is 95.4 Å². The van der Waals surface area contributed by atoms with Gasteiger partial charge in [-0.05, 0) is 54.3 Å². The van der Waals surface area contributed by atoms with E-state index in [-0.39, 0.29) is 12.4 Å². The van der Waals surface area contributed by atoms with E-state index in [1.807, 2.05) is 12.1 Å². The molecular weight excluding hydrogens is 477 g/mol. The number of aryl methyl sites for hydroxylation is 1. The lowest BCUT2D eigenvalue weighted by Crippen LogP contribution is -2.16. The van der Waals surface area contributed by atoms with Gasteiger partial charge in [-0.2, -0.15) is 0 Å². The van der Waals surface area contributed by atoms with Gasteiger partial charge in [-0.3, -0.25) is 4.68 Å². The van der Waals surface area contributed by atoms with Crippen LogP contribution >= 0.6 is 0 Å². The Bertz CT molecular complexity index is 1240. The van der Waals surface area contributed by atoms with Crippen LogP contribution in [0.1, 0.15) is 41.7 Å². The highest BCUT2D eigenvalue weighted by Crippen LogP contribution is 2.24. The van der Waals surface area contributed by atoms with Crippen LogP contribution in [0.3, 0.4) is 0 Å². The lowest BCUT2D eigenvalue weighted by molar-refractivity contribution is -0.274. The normalized spacial score (nSPS) is 12.7. The molecule has 4 rings (SSSR count). The number of hydrogen-bond donors (Lipinski definition) is 1. The van der Waals surface area contributed by atoms with Gasteiger partial charge in [0.2, 0.25) is 5.89 Å². The standard InChI is InChI=1S/C25H23F3N4O4/c26-25(27,28)36-22-8-3-18(4-9-22)5-12-24-30-20(17-35-24)16-34-21-10-6-19(7-11-21)23(33)2-1-14-32-15-13-29-31-32/h3-13,15,17,23,33H,1-2,14,16H2/b12-5+. The largest absolute Gasteiger partial charge is 0.573 e. The van der Waals surface area contributed by atoms with Crippen LogP contribution in [0.25, 0.3) is 12.2 Å². The smallest absolute Gasteiger partial charge is 0.487 e. The van der Waals surface area contributed by atoms with Gasteiger partial charge >= 0.3 is 6.36 Å². The maximum atomic E-state index is 12.2. The van der Waals surface area contributed by atoms with Crippen LogP contribution in [-0.2, 0) is 13.2 Å². The predicted molar refractivity (Wildman–Crippen MR) is 124 cm³/mol. The summed E-state index contributed by atoms with van der Waals surface area (Å²) in [7, 11) is 0. The van der Waals surface area contributed by atoms with Crippen LogP contribution < -0.4 is 9.47 Å². The molecule has 0 saturated carbocycles. The summed E-state index contributed by atoms with van der Waals surface area (Å²) in [5, 5.41) is 18.0. The van der Waals surface area contributed by atoms with E-state index in [2.05, 4.69) is 20.0 Å². The summed E-state index contributed by atoms with van der Waals surface area (Å²) < 4.78 is 53.4. The van der Waals surface area contributed by atoms with E-state index in [1.165, 1.54) is 30.5 Å². The molecule has 0 aliphatic heterocycles. The average molecular weight is 500 g/mol. The van der Waals surface area contributed by atoms with Gasteiger partial charge in [0, 0.05) is 18.8 Å². The van der Waals surface area contributed by atoms with Crippen molar-refractivity contribution in [1.82, 2.24) is 20.0 Å². The lowest BCUT2D eigenvalue weighted by atomic mass is 10.0. The number of nitrogens with zero attached hydrogens (tertiary/aromatic N) is 4. The summed E-state index contributed by atoms with van der Waals surface area (Å²) in [4.78, 5) is 4.30. The van der Waals surface area contributed by atoms with Crippen molar-refractivity contribution in [2.75, 3.05) is 0 Å². The fraction of sp³-hybridized carbons (Fsp3) is 0.240. The van der Waals surface area contributed by atoms with Crippen LogP contribution in [-0.4, -0.2) is 31.4 Å². The van der Waals surface area contributed by atoms with Gasteiger partial charge in [-0.15, -0.1) is 18.3 Å². The molecule has 0 spiro atoms. The zero-order chi connectivity index (χ0) is 25.4. The number of oxazole rings is 1. The third kappa shape index (κ3) is 7.70. The third-order valence-electron chi connectivity index (χ3n) is 5.09. The second-order valence-electron chi connectivity index (χ2n) is 7.81. The number of hydrogen-bond acceptors (Lipinski definition) is 7. The number of aliphatic hydroxyl groups is 1. The number of alkyl halides is 3. The van der Waals surface area contributed by atoms with Gasteiger partial charge in [0.05, 0.1) is 12.3 Å². The molecule has 2 heterocycles. The summed E-state index contributed by atoms with van der Waals surface area (Å²) >= 11 is 0. The maximum Gasteiger partial charge on any atom is 0.573 e. The Kier molecular flexibility index (Phi) is 8.01. The molecule has 0 amide bonds. The number of aromatic nitrogens is 4. The predicted octanol–water partition coefficient (Wildman–Crippen LogP) is 5.43. The Morgan fingerprint density at radius 3 is 2.47 bits per heavy atom. The van der Waals surface area contributed by atoms with E-state index >= 15 is 0 Å². The van der Waals surface area contributed by atoms with Crippen molar-refractivity contribution in [3.63, 3.8) is 0 Å². The van der Waals surface area contributed by atoms with Crippen molar-refractivity contribution < 1.29 is 32.2 Å². The number of benzene rings is 2. The molecule has 1 atom stereocenters. The van der Waals surface area contributed by atoms with Crippen LogP contribution in [0.2, 0.25) is 0 Å². The minimum Gasteiger partial charge on any atom is -0.487 e. The molecule has 1 N–H and O–H groups in total. The van der Waals surface area contributed by atoms with Gasteiger partial charge in [-0.25, -0.2) is 4.98 Å². The third-order valence-corrected chi connectivity index (χ3v) is 5.09. The van der Waals surface area contributed by atoms with Crippen LogP contribution in [0.5, 0.6) is 11.5 Å². The molecule has 0 saturated heterocycles. The molecule has 36 heavy (non-hydrogen) atoms. The summed E-state index contributed by atoms with van der Waals surface area (Å²) in [6.07, 6.45) is 4.18. The Morgan fingerprint density at radius 1 is 1.03 bits per heavy atom. The van der Waals surface area contributed by atoms with E-state index < -0.39 is 12.5 Å². The molecule has 2 aromatic carbocycles. The van der Waals surface area contributed by atoms with E-state index in [0.717, 1.165) is 12.0 Å². The molecule has 0 bridgehead atoms. The maximum absolute atomic E-state index is 12.2. The van der Waals surface area contributed by atoms with E-state index in [4.69, 9.17) is 9.15 Å². The Morgan fingerprint density at radius 2 is 1.78 bits per heavy atom. The van der Waals surface area contributed by atoms with E-state index in [9.17, 15) is 18.3 Å². The fourth-order valence-electron chi connectivity index (χ4n) is 3.32. The van der Waals surface area contributed by atoms with Crippen LogP contribution in [0.4, 0.5) is 13.2 Å². The fourth-order valence-corrected chi connectivity index (χ4v) is 3.32. The summed E-state index contributed by atoms with van der Waals surface area (Å²) in [5.41, 5.74) is 2.02. The molecule has 11 heteroatoms. The molecule has 0 radical (unpaired) electrons. The second kappa shape index (κ2) is 11.5. The minimum atomic E-state index is -4.73. The monoisotopic (exact) mass is 500 g/mol. The first-order valence-corrected chi connectivity index (χ1v) is 11.1. The molecule has 0 aliphatic carbocycles. The van der Waals surface area contributed by atoms with Crippen molar-refractivity contribution in [3.8, 4) is 11.5 Å². The quantitative estimate of drug-likeness (QED) is 0.293. The van der Waals surface area contributed by atoms with Crippen molar-refractivity contribution in [1.29, 1.82) is 0 Å². The highest BCUT2D eigenvalue weighted by Gasteiger charge is 2.30. The molecular formula is C25H23F3N4O4. The van der Waals surface area contributed by atoms with Crippen molar-refractivity contribution in [2.24, 2.45) is 0 Å². The SMILES string of the molecule is OC(CCCn1ccnn1)c1ccc(OCc2coc(/C=C/c3ccc(OC(F)(F)F)cc3)n2)cc1. The highest BCUT2D eigenvalue weighted by molar-refractivity contribution is 5.66. The number of ether oxygens (including phenoxy) is 2. The van der Waals surface area contributed by atoms with Gasteiger partial charge in [0.25, 0.3) is 0 Å². The molecule has 2 aromatic heterocycles. The van der Waals surface area contributed by atoms with Crippen LogP contribution in [0.15, 0.2) is 71.6 Å². The molecule has 1 unspecified atom stereocenters. The van der Waals surface area contributed by atoms with Gasteiger partial charge in [0.1, 0.15) is 30.1 Å². The first kappa shape index (κ1) is 25.0. The average Bonchev–Trinajstić information content (AvgIpc) is 3.54. The van der Waals surface area contributed by atoms with Crippen molar-refractivity contribution in [2.45, 2.75) is 38.5 Å². The summed E-state index contributed by atoms with van der Waals surface area (Å²) in [6, 6.07) is 12.6. The molecule has 188 valence electrons. The molecule has 4 aromatic rings. The zero-order valence-electron chi connectivity index (χ0n) is 19.0. The number of aliphatic hydroxyl groups excluding tert-OH is 1. The van der Waals surface area contributed by atoms with E-state index in [0.29, 0.717) is 35.9 Å². The van der Waals surface area contributed by atoms with Crippen molar-refractivity contribution >= 4 is 12.2 Å².